The summed E-state index contributed by atoms with van der Waals surface area (Å²) in [4.78, 5) is 13.6. The Kier molecular flexibility index (Phi) is 8.79. The lowest BCUT2D eigenvalue weighted by atomic mass is 9.92. The van der Waals surface area contributed by atoms with Crippen LogP contribution in [0.2, 0.25) is 18.1 Å². The van der Waals surface area contributed by atoms with Crippen molar-refractivity contribution in [2.24, 2.45) is 5.92 Å². The first-order valence-corrected chi connectivity index (χ1v) is 15.8. The number of Topliss-reactive ketones (excluding diaryl/α,β-unsaturated/α-hetero) is 1. The van der Waals surface area contributed by atoms with Crippen molar-refractivity contribution in [2.45, 2.75) is 78.4 Å². The maximum Gasteiger partial charge on any atom is 0.340 e. The van der Waals surface area contributed by atoms with E-state index < -0.39 is 33.6 Å². The second kappa shape index (κ2) is 10.4. The Morgan fingerprint density at radius 2 is 1.66 bits per heavy atom. The molecule has 1 unspecified atom stereocenters. The summed E-state index contributed by atoms with van der Waals surface area (Å²) in [7, 11) is -5.84. The molecule has 0 saturated heterocycles. The molecule has 0 spiro atoms. The van der Waals surface area contributed by atoms with Gasteiger partial charge in [-0.15, -0.1) is 0 Å². The van der Waals surface area contributed by atoms with Crippen LogP contribution in [0.25, 0.3) is 0 Å². The van der Waals surface area contributed by atoms with Crippen LogP contribution in [0.5, 0.6) is 11.5 Å². The van der Waals surface area contributed by atoms with Crippen molar-refractivity contribution >= 4 is 21.7 Å². The molecule has 32 heavy (non-hydrogen) atoms. The quantitative estimate of drug-likeness (QED) is 0.267. The summed E-state index contributed by atoms with van der Waals surface area (Å²) in [5.74, 6) is 0.517. The maximum atomic E-state index is 13.6. The van der Waals surface area contributed by atoms with Crippen LogP contribution in [0.3, 0.4) is 0 Å². The number of ketones is 1. The number of hydrogen-bond acceptors (Lipinski definition) is 7. The topological polar surface area (TPSA) is 80.3 Å². The van der Waals surface area contributed by atoms with Crippen molar-refractivity contribution in [1.29, 1.82) is 0 Å². The van der Waals surface area contributed by atoms with E-state index >= 15 is 0 Å². The fraction of sp³-hybridized carbons (Fsp3) is 0.696. The number of rotatable bonds is 11. The predicted octanol–water partition coefficient (Wildman–Crippen LogP) is 6.34. The molecule has 1 aromatic rings. The summed E-state index contributed by atoms with van der Waals surface area (Å²) in [6, 6.07) is 5.62. The minimum absolute atomic E-state index is 0.0537. The van der Waals surface area contributed by atoms with E-state index in [1.165, 1.54) is 0 Å². The van der Waals surface area contributed by atoms with Crippen molar-refractivity contribution < 1.29 is 32.3 Å². The molecular weight excluding hydrogens is 447 g/mol. The molecule has 1 aliphatic heterocycles. The summed E-state index contributed by atoms with van der Waals surface area (Å²) in [6.07, 6.45) is -0.531. The van der Waals surface area contributed by atoms with E-state index in [-0.39, 0.29) is 30.8 Å². The molecule has 0 bridgehead atoms. The van der Waals surface area contributed by atoms with Crippen molar-refractivity contribution in [3.05, 3.63) is 23.8 Å². The van der Waals surface area contributed by atoms with E-state index in [2.05, 4.69) is 33.9 Å². The van der Waals surface area contributed by atoms with E-state index in [0.717, 1.165) is 5.56 Å². The van der Waals surface area contributed by atoms with Gasteiger partial charge in [-0.1, -0.05) is 33.8 Å². The third-order valence-corrected chi connectivity index (χ3v) is 13.3. The fourth-order valence-electron chi connectivity index (χ4n) is 3.35. The molecule has 0 aliphatic carbocycles. The minimum atomic E-state index is -3.59. The Hall–Kier alpha value is -1.18. The molecule has 1 aliphatic rings. The monoisotopic (exact) mass is 486 g/mol. The van der Waals surface area contributed by atoms with Gasteiger partial charge in [-0.3, -0.25) is 9.36 Å². The molecule has 1 heterocycles. The third-order valence-electron chi connectivity index (χ3n) is 6.36. The Balaban J connectivity index is 2.44. The van der Waals surface area contributed by atoms with Crippen LogP contribution in [0.15, 0.2) is 18.2 Å². The highest BCUT2D eigenvalue weighted by atomic mass is 31.2. The molecule has 0 N–H and O–H groups in total. The van der Waals surface area contributed by atoms with Gasteiger partial charge in [0, 0.05) is 5.92 Å². The van der Waals surface area contributed by atoms with Crippen LogP contribution >= 0.6 is 7.60 Å². The number of carbonyl (C=O) groups is 1. The van der Waals surface area contributed by atoms with Gasteiger partial charge in [0.1, 0.15) is 5.66 Å². The van der Waals surface area contributed by atoms with E-state index in [1.807, 2.05) is 25.1 Å². The second-order valence-electron chi connectivity index (χ2n) is 9.65. The van der Waals surface area contributed by atoms with Crippen molar-refractivity contribution in [3.63, 3.8) is 0 Å². The molecule has 9 heteroatoms. The van der Waals surface area contributed by atoms with Crippen molar-refractivity contribution in [3.8, 4) is 11.5 Å². The second-order valence-corrected chi connectivity index (χ2v) is 16.8. The molecule has 7 nitrogen and oxygen atoms in total. The van der Waals surface area contributed by atoms with Gasteiger partial charge in [-0.05, 0) is 56.6 Å². The Bertz CT molecular complexity index is 839. The zero-order valence-electron chi connectivity index (χ0n) is 20.9. The van der Waals surface area contributed by atoms with Crippen LogP contribution in [0.1, 0.15) is 60.1 Å². The highest BCUT2D eigenvalue weighted by Crippen LogP contribution is 2.54. The molecule has 1 aromatic carbocycles. The molecule has 0 saturated carbocycles. The van der Waals surface area contributed by atoms with Gasteiger partial charge in [0.25, 0.3) is 0 Å². The van der Waals surface area contributed by atoms with E-state index in [0.29, 0.717) is 11.5 Å². The van der Waals surface area contributed by atoms with Crippen LogP contribution in [-0.4, -0.2) is 39.8 Å². The molecule has 0 fully saturated rings. The Morgan fingerprint density at radius 1 is 1.09 bits per heavy atom. The predicted molar refractivity (Wildman–Crippen MR) is 128 cm³/mol. The summed E-state index contributed by atoms with van der Waals surface area (Å²) >= 11 is 0. The van der Waals surface area contributed by atoms with Gasteiger partial charge < -0.3 is 22.9 Å². The highest BCUT2D eigenvalue weighted by Gasteiger charge is 2.45. The maximum absolute atomic E-state index is 13.6. The standard InChI is InChI=1S/C23H39O7PSi/c1-10-28-31(25,29-11-2)17(4)21(24)16(3)22(30-32(8,9)23(5,6)7)18-12-13-19-20(14-18)27-15-26-19/h12-14,16-17,22H,10-11,15H2,1-9H3/t16-,17?,22-/m1/s1. The zero-order valence-corrected chi connectivity index (χ0v) is 22.8. The van der Waals surface area contributed by atoms with E-state index in [4.69, 9.17) is 22.9 Å². The van der Waals surface area contributed by atoms with Crippen LogP contribution < -0.4 is 9.47 Å². The van der Waals surface area contributed by atoms with E-state index in [9.17, 15) is 9.36 Å². The number of ether oxygens (including phenoxy) is 2. The van der Waals surface area contributed by atoms with Gasteiger partial charge in [-0.2, -0.15) is 0 Å². The number of benzene rings is 1. The third kappa shape index (κ3) is 5.84. The number of hydrogen-bond donors (Lipinski definition) is 0. The summed E-state index contributed by atoms with van der Waals surface area (Å²) < 4.78 is 41.9. The lowest BCUT2D eigenvalue weighted by Crippen LogP contribution is -2.44. The average Bonchev–Trinajstić information content (AvgIpc) is 3.17. The highest BCUT2D eigenvalue weighted by molar-refractivity contribution is 7.55. The molecule has 0 radical (unpaired) electrons. The molecule has 0 aromatic heterocycles. The molecule has 2 rings (SSSR count). The first-order chi connectivity index (χ1) is 14.8. The zero-order chi connectivity index (χ0) is 24.3. The molecule has 0 amide bonds. The molecular formula is C23H39O7PSi. The summed E-state index contributed by atoms with van der Waals surface area (Å²) in [5, 5.41) is -0.0537. The normalized spacial score (nSPS) is 17.2. The first kappa shape index (κ1) is 27.1. The molecule has 3 atom stereocenters. The average molecular weight is 487 g/mol. The van der Waals surface area contributed by atoms with E-state index in [1.54, 1.807) is 20.8 Å². The SMILES string of the molecule is CCOP(=O)(OCC)C(C)C(=O)[C@@H](C)[C@@H](O[Si](C)(C)C(C)(C)C)c1ccc2c(c1)OCO2. The van der Waals surface area contributed by atoms with Crippen LogP contribution in [0.4, 0.5) is 0 Å². The van der Waals surface area contributed by atoms with Crippen molar-refractivity contribution in [1.82, 2.24) is 0 Å². The largest absolute Gasteiger partial charge is 0.454 e. The van der Waals surface area contributed by atoms with Crippen molar-refractivity contribution in [2.75, 3.05) is 20.0 Å². The number of fused-ring (bicyclic) bond motifs is 1. The van der Waals surface area contributed by atoms with Gasteiger partial charge in [0.15, 0.2) is 25.6 Å². The Labute approximate surface area is 193 Å². The van der Waals surface area contributed by atoms with Gasteiger partial charge in [0.2, 0.25) is 6.79 Å². The van der Waals surface area contributed by atoms with Crippen LogP contribution in [-0.2, 0) is 22.8 Å². The summed E-state index contributed by atoms with van der Waals surface area (Å²) in [5.41, 5.74) is -0.0771. The summed E-state index contributed by atoms with van der Waals surface area (Å²) in [6.45, 7) is 18.3. The smallest absolute Gasteiger partial charge is 0.340 e. The lowest BCUT2D eigenvalue weighted by Gasteiger charge is -2.41. The Morgan fingerprint density at radius 3 is 2.19 bits per heavy atom. The fourth-order valence-corrected chi connectivity index (χ4v) is 6.47. The number of carbonyl (C=O) groups excluding carboxylic acids is 1. The van der Waals surface area contributed by atoms with Gasteiger partial charge >= 0.3 is 7.60 Å². The van der Waals surface area contributed by atoms with Crippen LogP contribution in [0, 0.1) is 5.92 Å². The lowest BCUT2D eigenvalue weighted by molar-refractivity contribution is -0.125. The van der Waals surface area contributed by atoms with Gasteiger partial charge in [-0.25, -0.2) is 0 Å². The first-order valence-electron chi connectivity index (χ1n) is 11.3. The minimum Gasteiger partial charge on any atom is -0.454 e. The molecule has 182 valence electrons. The van der Waals surface area contributed by atoms with Gasteiger partial charge in [0.05, 0.1) is 19.3 Å².